The highest BCUT2D eigenvalue weighted by Crippen LogP contribution is 2.38. The van der Waals surface area contributed by atoms with Crippen molar-refractivity contribution in [2.24, 2.45) is 0 Å². The van der Waals surface area contributed by atoms with E-state index in [0.29, 0.717) is 12.1 Å². The minimum absolute atomic E-state index is 0.278. The molecule has 0 aromatic heterocycles. The maximum absolute atomic E-state index is 12.9. The number of rotatable bonds is 5. The van der Waals surface area contributed by atoms with Gasteiger partial charge < -0.3 is 5.32 Å². The fourth-order valence-electron chi connectivity index (χ4n) is 2.16. The van der Waals surface area contributed by atoms with Crippen LogP contribution in [0.15, 0.2) is 59.5 Å². The number of thioether (sulfide) groups is 1. The van der Waals surface area contributed by atoms with Crippen LogP contribution in [-0.2, 0) is 11.0 Å². The lowest BCUT2D eigenvalue weighted by atomic mass is 10.1. The summed E-state index contributed by atoms with van der Waals surface area (Å²) in [7, 11) is 0. The summed E-state index contributed by atoms with van der Waals surface area (Å²) in [6, 6.07) is 12.6. The molecule has 0 aliphatic heterocycles. The standard InChI is InChI=1S/C18H17F3N2O2S/c1-2-22-17(25)23-16(24)15(12-7-4-3-5-8-12)26-14-10-6-9-13(11-14)18(19,20)21/h3-11,15H,2H2,1H3,(H2,22,23,24,25)/t15-/m0/s1. The molecule has 0 unspecified atom stereocenters. The first kappa shape index (κ1) is 19.8. The fourth-order valence-corrected chi connectivity index (χ4v) is 3.25. The van der Waals surface area contributed by atoms with E-state index in [1.165, 1.54) is 12.1 Å². The molecule has 0 saturated heterocycles. The average molecular weight is 382 g/mol. The van der Waals surface area contributed by atoms with E-state index in [0.717, 1.165) is 23.9 Å². The van der Waals surface area contributed by atoms with Crippen LogP contribution in [0.5, 0.6) is 0 Å². The monoisotopic (exact) mass is 382 g/mol. The molecule has 2 N–H and O–H groups in total. The Morgan fingerprint density at radius 2 is 1.77 bits per heavy atom. The Bertz CT molecular complexity index is 767. The molecule has 26 heavy (non-hydrogen) atoms. The quantitative estimate of drug-likeness (QED) is 0.755. The van der Waals surface area contributed by atoms with Gasteiger partial charge in [0.05, 0.1) is 5.56 Å². The maximum atomic E-state index is 12.9. The summed E-state index contributed by atoms with van der Waals surface area (Å²) in [6.07, 6.45) is -4.47. The second kappa shape index (κ2) is 8.75. The number of urea groups is 1. The van der Waals surface area contributed by atoms with E-state index in [9.17, 15) is 22.8 Å². The Hall–Kier alpha value is -2.48. The second-order valence-electron chi connectivity index (χ2n) is 5.28. The highest BCUT2D eigenvalue weighted by molar-refractivity contribution is 8.00. The molecule has 8 heteroatoms. The largest absolute Gasteiger partial charge is 0.416 e. The fraction of sp³-hybridized carbons (Fsp3) is 0.222. The van der Waals surface area contributed by atoms with Crippen molar-refractivity contribution in [2.75, 3.05) is 6.54 Å². The highest BCUT2D eigenvalue weighted by Gasteiger charge is 2.31. The maximum Gasteiger partial charge on any atom is 0.416 e. The number of benzene rings is 2. The molecule has 0 bridgehead atoms. The number of hydrogen-bond acceptors (Lipinski definition) is 3. The number of imide groups is 1. The predicted molar refractivity (Wildman–Crippen MR) is 93.7 cm³/mol. The minimum Gasteiger partial charge on any atom is -0.338 e. The van der Waals surface area contributed by atoms with Gasteiger partial charge >= 0.3 is 12.2 Å². The lowest BCUT2D eigenvalue weighted by molar-refractivity contribution is -0.137. The van der Waals surface area contributed by atoms with Crippen molar-refractivity contribution in [1.82, 2.24) is 10.6 Å². The molecule has 0 heterocycles. The summed E-state index contributed by atoms with van der Waals surface area (Å²) in [5.74, 6) is -0.607. The number of alkyl halides is 3. The van der Waals surface area contributed by atoms with Crippen LogP contribution in [0.3, 0.4) is 0 Å². The zero-order chi connectivity index (χ0) is 19.2. The van der Waals surface area contributed by atoms with Gasteiger partial charge in [0.15, 0.2) is 0 Å². The zero-order valence-electron chi connectivity index (χ0n) is 13.8. The van der Waals surface area contributed by atoms with E-state index in [1.54, 1.807) is 37.3 Å². The number of amides is 3. The molecule has 138 valence electrons. The highest BCUT2D eigenvalue weighted by atomic mass is 32.2. The van der Waals surface area contributed by atoms with Crippen LogP contribution < -0.4 is 10.6 Å². The van der Waals surface area contributed by atoms with Gasteiger partial charge in [-0.3, -0.25) is 10.1 Å². The van der Waals surface area contributed by atoms with Gasteiger partial charge in [-0.1, -0.05) is 36.4 Å². The molecule has 0 saturated carbocycles. The van der Waals surface area contributed by atoms with Crippen LogP contribution in [0.25, 0.3) is 0 Å². The van der Waals surface area contributed by atoms with Gasteiger partial charge in [0.1, 0.15) is 5.25 Å². The van der Waals surface area contributed by atoms with E-state index in [1.807, 2.05) is 0 Å². The van der Waals surface area contributed by atoms with Crippen molar-refractivity contribution in [3.8, 4) is 0 Å². The zero-order valence-corrected chi connectivity index (χ0v) is 14.7. The third-order valence-corrected chi connectivity index (χ3v) is 4.58. The molecule has 2 rings (SSSR count). The molecule has 3 amide bonds. The van der Waals surface area contributed by atoms with Crippen molar-refractivity contribution >= 4 is 23.7 Å². The Morgan fingerprint density at radius 3 is 2.38 bits per heavy atom. The Morgan fingerprint density at radius 1 is 1.08 bits per heavy atom. The third kappa shape index (κ3) is 5.52. The lowest BCUT2D eigenvalue weighted by Crippen LogP contribution is -2.41. The number of carbonyl (C=O) groups is 2. The average Bonchev–Trinajstić information content (AvgIpc) is 2.60. The SMILES string of the molecule is CCNC(=O)NC(=O)[C@@H](Sc1cccc(C(F)(F)F)c1)c1ccccc1. The van der Waals surface area contributed by atoms with E-state index in [4.69, 9.17) is 0 Å². The van der Waals surface area contributed by atoms with Crippen LogP contribution in [0.2, 0.25) is 0 Å². The lowest BCUT2D eigenvalue weighted by Gasteiger charge is -2.17. The Balaban J connectivity index is 2.28. The Labute approximate surface area is 153 Å². The van der Waals surface area contributed by atoms with Crippen LogP contribution in [0.1, 0.15) is 23.3 Å². The summed E-state index contributed by atoms with van der Waals surface area (Å²) in [4.78, 5) is 24.4. The molecule has 1 atom stereocenters. The summed E-state index contributed by atoms with van der Waals surface area (Å²) < 4.78 is 38.7. The van der Waals surface area contributed by atoms with Gasteiger partial charge in [-0.2, -0.15) is 13.2 Å². The topological polar surface area (TPSA) is 58.2 Å². The van der Waals surface area contributed by atoms with Crippen molar-refractivity contribution in [3.05, 3.63) is 65.7 Å². The number of carbonyl (C=O) groups excluding carboxylic acids is 2. The van der Waals surface area contributed by atoms with Crippen LogP contribution in [0, 0.1) is 0 Å². The smallest absolute Gasteiger partial charge is 0.338 e. The van der Waals surface area contributed by atoms with Gasteiger partial charge in [0, 0.05) is 11.4 Å². The van der Waals surface area contributed by atoms with Crippen molar-refractivity contribution in [3.63, 3.8) is 0 Å². The molecule has 0 radical (unpaired) electrons. The van der Waals surface area contributed by atoms with Gasteiger partial charge in [0.25, 0.3) is 0 Å². The van der Waals surface area contributed by atoms with Crippen molar-refractivity contribution < 1.29 is 22.8 Å². The van der Waals surface area contributed by atoms with Crippen molar-refractivity contribution in [1.29, 1.82) is 0 Å². The van der Waals surface area contributed by atoms with E-state index in [-0.39, 0.29) is 4.90 Å². The molecule has 4 nitrogen and oxygen atoms in total. The Kier molecular flexibility index (Phi) is 6.68. The van der Waals surface area contributed by atoms with Crippen LogP contribution in [-0.4, -0.2) is 18.5 Å². The summed E-state index contributed by atoms with van der Waals surface area (Å²) in [5, 5.41) is 3.79. The van der Waals surface area contributed by atoms with E-state index in [2.05, 4.69) is 10.6 Å². The van der Waals surface area contributed by atoms with Crippen LogP contribution in [0.4, 0.5) is 18.0 Å². The third-order valence-electron chi connectivity index (χ3n) is 3.33. The molecular formula is C18H17F3N2O2S. The van der Waals surface area contributed by atoms with Gasteiger partial charge in [0.2, 0.25) is 5.91 Å². The molecule has 2 aromatic carbocycles. The van der Waals surface area contributed by atoms with Crippen LogP contribution >= 0.6 is 11.8 Å². The van der Waals surface area contributed by atoms with Gasteiger partial charge in [-0.15, -0.1) is 11.8 Å². The van der Waals surface area contributed by atoms with Crippen molar-refractivity contribution in [2.45, 2.75) is 23.2 Å². The first-order valence-corrected chi connectivity index (χ1v) is 8.66. The summed E-state index contributed by atoms with van der Waals surface area (Å²) >= 11 is 0.948. The summed E-state index contributed by atoms with van der Waals surface area (Å²) in [6.45, 7) is 2.05. The summed E-state index contributed by atoms with van der Waals surface area (Å²) in [5.41, 5.74) is -0.213. The second-order valence-corrected chi connectivity index (χ2v) is 6.46. The predicted octanol–water partition coefficient (Wildman–Crippen LogP) is 4.38. The molecule has 0 aliphatic rings. The number of hydrogen-bond donors (Lipinski definition) is 2. The van der Waals surface area contributed by atoms with E-state index < -0.39 is 28.9 Å². The molecule has 0 spiro atoms. The normalized spacial score (nSPS) is 12.3. The first-order chi connectivity index (χ1) is 12.3. The number of halogens is 3. The molecule has 0 fully saturated rings. The minimum atomic E-state index is -4.47. The first-order valence-electron chi connectivity index (χ1n) is 7.79. The van der Waals surface area contributed by atoms with Gasteiger partial charge in [-0.05, 0) is 30.7 Å². The molecule has 0 aliphatic carbocycles. The van der Waals surface area contributed by atoms with E-state index >= 15 is 0 Å². The number of nitrogens with one attached hydrogen (secondary N) is 2. The molecular weight excluding hydrogens is 365 g/mol. The van der Waals surface area contributed by atoms with Gasteiger partial charge in [-0.25, -0.2) is 4.79 Å². The molecule has 2 aromatic rings.